The van der Waals surface area contributed by atoms with Crippen molar-refractivity contribution >= 4 is 11.9 Å². The maximum Gasteiger partial charge on any atom is 0.335 e. The molecule has 66 heavy (non-hydrogen) atoms. The number of carbonyl (C=O) groups is 2. The normalized spacial score (nSPS) is 53.3. The molecule has 18 heteroatoms. The van der Waals surface area contributed by atoms with Gasteiger partial charge in [-0.15, -0.1) is 0 Å². The number of aliphatic carboxylic acids is 2. The number of hydrogen-bond acceptors (Lipinski definition) is 16. The van der Waals surface area contributed by atoms with E-state index >= 15 is 0 Å². The number of aliphatic hydroxyl groups is 8. The lowest BCUT2D eigenvalue weighted by molar-refractivity contribution is -0.395. The summed E-state index contributed by atoms with van der Waals surface area (Å²) in [6.07, 6.45) is -16.6. The van der Waals surface area contributed by atoms with Crippen LogP contribution >= 0.6 is 0 Å². The van der Waals surface area contributed by atoms with Crippen molar-refractivity contribution < 1.29 is 89.1 Å². The molecular weight excluding hydrogens is 865 g/mol. The van der Waals surface area contributed by atoms with Crippen molar-refractivity contribution in [2.75, 3.05) is 6.61 Å². The molecule has 23 atom stereocenters. The van der Waals surface area contributed by atoms with Crippen molar-refractivity contribution in [3.63, 3.8) is 0 Å². The number of rotatable bonds is 9. The average Bonchev–Trinajstić information content (AvgIpc) is 3.24. The summed E-state index contributed by atoms with van der Waals surface area (Å²) in [5.41, 5.74) is -0.505. The van der Waals surface area contributed by atoms with Crippen LogP contribution in [0.25, 0.3) is 0 Å². The Morgan fingerprint density at radius 2 is 1.29 bits per heavy atom. The maximum absolute atomic E-state index is 13.2. The third-order valence-corrected chi connectivity index (χ3v) is 19.3. The van der Waals surface area contributed by atoms with E-state index < -0.39 is 128 Å². The monoisotopic (exact) mass is 941 g/mol. The minimum Gasteiger partial charge on any atom is -0.481 e. The second kappa shape index (κ2) is 17.5. The number of carboxylic acid groups (broad SMARTS) is 2. The van der Waals surface area contributed by atoms with Gasteiger partial charge in [-0.3, -0.25) is 4.79 Å². The van der Waals surface area contributed by atoms with Crippen LogP contribution in [0.2, 0.25) is 0 Å². The molecule has 8 rings (SSSR count). The van der Waals surface area contributed by atoms with Crippen molar-refractivity contribution in [3.05, 3.63) is 11.6 Å². The van der Waals surface area contributed by atoms with Gasteiger partial charge in [-0.2, -0.15) is 0 Å². The lowest BCUT2D eigenvalue weighted by atomic mass is 9.33. The second-order valence-corrected chi connectivity index (χ2v) is 23.5. The highest BCUT2D eigenvalue weighted by Crippen LogP contribution is 2.76. The molecule has 0 bridgehead atoms. The van der Waals surface area contributed by atoms with E-state index in [0.717, 1.165) is 44.9 Å². The quantitative estimate of drug-likeness (QED) is 0.117. The minimum absolute atomic E-state index is 0.0241. The van der Waals surface area contributed by atoms with Crippen molar-refractivity contribution in [2.24, 2.45) is 50.2 Å². The molecule has 0 aromatic heterocycles. The third-order valence-electron chi connectivity index (χ3n) is 19.3. The summed E-state index contributed by atoms with van der Waals surface area (Å²) >= 11 is 0. The van der Waals surface area contributed by atoms with Gasteiger partial charge in [0.15, 0.2) is 25.0 Å². The zero-order chi connectivity index (χ0) is 48.4. The second-order valence-electron chi connectivity index (χ2n) is 23.5. The third kappa shape index (κ3) is 7.74. The van der Waals surface area contributed by atoms with Gasteiger partial charge < -0.3 is 79.5 Å². The van der Waals surface area contributed by atoms with E-state index in [1.54, 1.807) is 0 Å². The van der Waals surface area contributed by atoms with Crippen LogP contribution in [0.1, 0.15) is 120 Å². The molecule has 4 saturated carbocycles. The molecule has 3 saturated heterocycles. The first kappa shape index (κ1) is 50.5. The number of ether oxygens (including phenoxy) is 6. The molecule has 5 aliphatic carbocycles. The fourth-order valence-corrected chi connectivity index (χ4v) is 15.1. The van der Waals surface area contributed by atoms with E-state index in [1.807, 2.05) is 0 Å². The van der Waals surface area contributed by atoms with E-state index in [1.165, 1.54) is 12.5 Å². The van der Waals surface area contributed by atoms with Crippen LogP contribution < -0.4 is 0 Å². The van der Waals surface area contributed by atoms with Crippen molar-refractivity contribution in [2.45, 2.75) is 218 Å². The van der Waals surface area contributed by atoms with Crippen LogP contribution in [0.5, 0.6) is 0 Å². The van der Waals surface area contributed by atoms with Gasteiger partial charge in [-0.1, -0.05) is 60.1 Å². The zero-order valence-corrected chi connectivity index (χ0v) is 39.6. The van der Waals surface area contributed by atoms with Gasteiger partial charge in [0, 0.05) is 0 Å². The first-order chi connectivity index (χ1) is 30.7. The van der Waals surface area contributed by atoms with E-state index in [4.69, 9.17) is 28.4 Å². The van der Waals surface area contributed by atoms with Gasteiger partial charge >= 0.3 is 11.9 Å². The average molecular weight is 941 g/mol. The maximum atomic E-state index is 13.2. The van der Waals surface area contributed by atoms with Gasteiger partial charge in [0.2, 0.25) is 0 Å². The number of fused-ring (bicyclic) bond motifs is 7. The fraction of sp³-hybridized carbons (Fsp3) is 0.917. The van der Waals surface area contributed by atoms with Gasteiger partial charge in [-0.05, 0) is 116 Å². The molecule has 18 nitrogen and oxygen atoms in total. The predicted octanol–water partition coefficient (Wildman–Crippen LogP) is 1.83. The first-order valence-electron chi connectivity index (χ1n) is 24.2. The predicted molar refractivity (Wildman–Crippen MR) is 230 cm³/mol. The van der Waals surface area contributed by atoms with Gasteiger partial charge in [0.25, 0.3) is 0 Å². The molecule has 10 N–H and O–H groups in total. The van der Waals surface area contributed by atoms with Gasteiger partial charge in [0.05, 0.1) is 24.2 Å². The van der Waals surface area contributed by atoms with E-state index in [0.29, 0.717) is 19.3 Å². The van der Waals surface area contributed by atoms with E-state index in [-0.39, 0.29) is 39.4 Å². The van der Waals surface area contributed by atoms with Crippen molar-refractivity contribution in [1.82, 2.24) is 0 Å². The van der Waals surface area contributed by atoms with Crippen molar-refractivity contribution in [1.29, 1.82) is 0 Å². The molecule has 0 aromatic carbocycles. The molecule has 0 spiro atoms. The van der Waals surface area contributed by atoms with Crippen LogP contribution in [0.15, 0.2) is 11.6 Å². The molecule has 0 radical (unpaired) electrons. The Bertz CT molecular complexity index is 1860. The zero-order valence-electron chi connectivity index (χ0n) is 39.6. The Balaban J connectivity index is 1.11. The Labute approximate surface area is 386 Å². The smallest absolute Gasteiger partial charge is 0.335 e. The number of aliphatic hydroxyl groups excluding tert-OH is 8. The van der Waals surface area contributed by atoms with Gasteiger partial charge in [0.1, 0.15) is 61.0 Å². The Morgan fingerprint density at radius 3 is 1.92 bits per heavy atom. The molecule has 8 aliphatic rings. The largest absolute Gasteiger partial charge is 0.481 e. The van der Waals surface area contributed by atoms with Crippen LogP contribution in [-0.2, 0) is 38.0 Å². The highest BCUT2D eigenvalue weighted by Gasteiger charge is 2.70. The number of allylic oxidation sites excluding steroid dienone is 2. The molecule has 0 amide bonds. The molecule has 7 fully saturated rings. The number of carboxylic acids is 2. The van der Waals surface area contributed by atoms with Gasteiger partial charge in [-0.25, -0.2) is 4.79 Å². The topological polar surface area (TPSA) is 292 Å². The summed E-state index contributed by atoms with van der Waals surface area (Å²) in [4.78, 5) is 26.0. The fourth-order valence-electron chi connectivity index (χ4n) is 15.1. The summed E-state index contributed by atoms with van der Waals surface area (Å²) in [6.45, 7) is 16.6. The summed E-state index contributed by atoms with van der Waals surface area (Å²) < 4.78 is 36.7. The van der Waals surface area contributed by atoms with E-state index in [2.05, 4.69) is 54.5 Å². The van der Waals surface area contributed by atoms with Crippen LogP contribution in [0.4, 0.5) is 0 Å². The van der Waals surface area contributed by atoms with Crippen LogP contribution in [0, 0.1) is 50.2 Å². The Hall–Kier alpha value is -1.88. The molecule has 3 aliphatic heterocycles. The molecular formula is C48H76O18. The van der Waals surface area contributed by atoms with E-state index in [9.17, 15) is 60.7 Å². The summed E-state index contributed by atoms with van der Waals surface area (Å²) in [5, 5.41) is 107. The molecule has 376 valence electrons. The standard InChI is InChI=1S/C48H76O18/c1-21-28(50)30(52)32(54)39(61-21)64-35-34(56)36(38(57)58)65-41(37(35)66-40-33(55)31(53)29(51)24(20-49)62-40)63-27-12-13-45(6)25(44(27,4)5)11-14-47(8)26(45)10-9-22-23-19-43(2,3)15-17-48(23,42(59)60)18-16-46(22,47)7/h9,21,23-37,39-41,49-56H,10-20H2,1-8H3,(H,57,58)(H,59,60)/t21-,23+,24+,25+,26+,27-,28-,29+,30+,31-,32+,33+,34-,35-,36-,37+,39-,40-,41+,45-,46+,47+,48-/m0/s1. The lowest BCUT2D eigenvalue weighted by Crippen LogP contribution is -2.68. The minimum atomic E-state index is -2.06. The van der Waals surface area contributed by atoms with Crippen LogP contribution in [0.3, 0.4) is 0 Å². The summed E-state index contributed by atoms with van der Waals surface area (Å²) in [7, 11) is 0. The first-order valence-corrected chi connectivity index (χ1v) is 24.2. The molecule has 3 heterocycles. The summed E-state index contributed by atoms with van der Waals surface area (Å²) in [5.74, 6) is -1.96. The Kier molecular flexibility index (Phi) is 13.4. The van der Waals surface area contributed by atoms with Crippen molar-refractivity contribution in [3.8, 4) is 0 Å². The highest BCUT2D eigenvalue weighted by molar-refractivity contribution is 5.76. The lowest BCUT2D eigenvalue weighted by Gasteiger charge is -2.71. The number of hydrogen-bond donors (Lipinski definition) is 10. The Morgan fingerprint density at radius 1 is 0.667 bits per heavy atom. The molecule has 0 aromatic rings. The highest BCUT2D eigenvalue weighted by atomic mass is 16.8. The molecule has 0 unspecified atom stereocenters. The van der Waals surface area contributed by atoms with Crippen LogP contribution in [-0.4, -0.2) is 168 Å². The SMILES string of the molecule is C[C@@H]1O[C@@H](O[C@H]2[C@H](O)[C@@H](C(=O)O)O[C@@H](O[C@H]3CC[C@@]4(C)[C@H](CC[C@]5(C)[C@@H]4CC=C4[C@H]6CC(C)(C)CC[C@]6(C(=O)O)CC[C@]45C)C3(C)C)[C@@H]2O[C@@H]2O[C@H](CO)[C@@H](O)[C@H](O)[C@H]2O)[C@H](O)[C@H](O)[C@H]1O. The summed E-state index contributed by atoms with van der Waals surface area (Å²) in [6, 6.07) is 0.